The number of rotatable bonds is 1. The Bertz CT molecular complexity index is 620. The Hall–Kier alpha value is -1.76. The van der Waals surface area contributed by atoms with Gasteiger partial charge >= 0.3 is 6.18 Å². The van der Waals surface area contributed by atoms with Crippen LogP contribution in [0.25, 0.3) is 11.0 Å². The summed E-state index contributed by atoms with van der Waals surface area (Å²) >= 11 is 0. The van der Waals surface area contributed by atoms with Gasteiger partial charge in [-0.2, -0.15) is 13.2 Å². The van der Waals surface area contributed by atoms with Crippen LogP contribution in [0.4, 0.5) is 18.9 Å². The SMILES string of the molecule is NC1CCCN(c2c(C(F)(F)F)cnc3[nH]ccc23)C1. The fourth-order valence-electron chi connectivity index (χ4n) is 2.76. The number of nitrogens with one attached hydrogen (secondary N) is 1. The summed E-state index contributed by atoms with van der Waals surface area (Å²) in [5.74, 6) is 0. The third-order valence-electron chi connectivity index (χ3n) is 3.64. The second kappa shape index (κ2) is 4.66. The van der Waals surface area contributed by atoms with E-state index in [2.05, 4.69) is 9.97 Å². The molecule has 0 aromatic carbocycles. The van der Waals surface area contributed by atoms with E-state index in [-0.39, 0.29) is 11.7 Å². The zero-order chi connectivity index (χ0) is 14.3. The number of anilines is 1. The fraction of sp³-hybridized carbons (Fsp3) is 0.462. The van der Waals surface area contributed by atoms with E-state index < -0.39 is 11.7 Å². The highest BCUT2D eigenvalue weighted by atomic mass is 19.4. The number of nitrogens with zero attached hydrogens (tertiary/aromatic N) is 2. The molecule has 1 fully saturated rings. The van der Waals surface area contributed by atoms with Gasteiger partial charge in [0.2, 0.25) is 0 Å². The molecular formula is C13H15F3N4. The maximum absolute atomic E-state index is 13.2. The number of piperidine rings is 1. The first-order valence-corrected chi connectivity index (χ1v) is 6.50. The smallest absolute Gasteiger partial charge is 0.369 e. The summed E-state index contributed by atoms with van der Waals surface area (Å²) in [6, 6.07) is 1.54. The van der Waals surface area contributed by atoms with Crippen molar-refractivity contribution in [1.82, 2.24) is 9.97 Å². The second-order valence-electron chi connectivity index (χ2n) is 5.11. The van der Waals surface area contributed by atoms with Gasteiger partial charge in [0.25, 0.3) is 0 Å². The average molecular weight is 284 g/mol. The molecule has 20 heavy (non-hydrogen) atoms. The van der Waals surface area contributed by atoms with Gasteiger partial charge in [-0.3, -0.25) is 0 Å². The van der Waals surface area contributed by atoms with Crippen molar-refractivity contribution < 1.29 is 13.2 Å². The molecule has 3 N–H and O–H groups in total. The van der Waals surface area contributed by atoms with E-state index in [9.17, 15) is 13.2 Å². The third-order valence-corrected chi connectivity index (χ3v) is 3.64. The lowest BCUT2D eigenvalue weighted by Gasteiger charge is -2.34. The number of nitrogens with two attached hydrogens (primary N) is 1. The molecule has 0 aliphatic carbocycles. The zero-order valence-corrected chi connectivity index (χ0v) is 10.7. The van der Waals surface area contributed by atoms with Gasteiger partial charge in [-0.1, -0.05) is 0 Å². The first-order valence-electron chi connectivity index (χ1n) is 6.50. The van der Waals surface area contributed by atoms with E-state index in [1.165, 1.54) is 0 Å². The number of pyridine rings is 1. The fourth-order valence-corrected chi connectivity index (χ4v) is 2.76. The third kappa shape index (κ3) is 2.22. The van der Waals surface area contributed by atoms with Crippen LogP contribution in [0.15, 0.2) is 18.5 Å². The minimum atomic E-state index is -4.42. The molecule has 1 aliphatic heterocycles. The van der Waals surface area contributed by atoms with Crippen molar-refractivity contribution in [3.05, 3.63) is 24.0 Å². The van der Waals surface area contributed by atoms with E-state index in [1.807, 2.05) is 0 Å². The minimum Gasteiger partial charge on any atom is -0.369 e. The standard InChI is InChI=1S/C13H15F3N4/c14-13(15,16)10-6-19-12-9(3-4-18-12)11(10)20-5-1-2-8(17)7-20/h3-4,6,8H,1-2,5,7,17H2,(H,18,19). The molecule has 2 aromatic heterocycles. The number of hydrogen-bond acceptors (Lipinski definition) is 3. The molecule has 1 atom stereocenters. The number of hydrogen-bond donors (Lipinski definition) is 2. The highest BCUT2D eigenvalue weighted by Crippen LogP contribution is 2.40. The number of fused-ring (bicyclic) bond motifs is 1. The van der Waals surface area contributed by atoms with Gasteiger partial charge in [0.1, 0.15) is 5.65 Å². The number of halogens is 3. The molecule has 3 heterocycles. The lowest BCUT2D eigenvalue weighted by atomic mass is 10.0. The van der Waals surface area contributed by atoms with E-state index in [0.717, 1.165) is 19.0 Å². The molecular weight excluding hydrogens is 269 g/mol. The van der Waals surface area contributed by atoms with Crippen LogP contribution in [0, 0.1) is 0 Å². The molecule has 108 valence electrons. The molecule has 0 amide bonds. The monoisotopic (exact) mass is 284 g/mol. The average Bonchev–Trinajstić information content (AvgIpc) is 2.84. The quantitative estimate of drug-likeness (QED) is 0.846. The second-order valence-corrected chi connectivity index (χ2v) is 5.11. The van der Waals surface area contributed by atoms with Crippen molar-refractivity contribution in [3.63, 3.8) is 0 Å². The number of alkyl halides is 3. The molecule has 1 saturated heterocycles. The molecule has 1 aliphatic rings. The summed E-state index contributed by atoms with van der Waals surface area (Å²) in [7, 11) is 0. The van der Waals surface area contributed by atoms with Crippen molar-refractivity contribution in [2.45, 2.75) is 25.1 Å². The van der Waals surface area contributed by atoms with Crippen molar-refractivity contribution >= 4 is 16.7 Å². The Labute approximate surface area is 113 Å². The molecule has 0 spiro atoms. The number of H-pyrrole nitrogens is 1. The van der Waals surface area contributed by atoms with Crippen LogP contribution >= 0.6 is 0 Å². The summed E-state index contributed by atoms with van der Waals surface area (Å²) in [6.07, 6.45) is -0.277. The van der Waals surface area contributed by atoms with Gasteiger partial charge in [-0.05, 0) is 18.9 Å². The first-order chi connectivity index (χ1) is 9.47. The van der Waals surface area contributed by atoms with Crippen molar-refractivity contribution in [1.29, 1.82) is 0 Å². The number of aromatic nitrogens is 2. The highest BCUT2D eigenvalue weighted by Gasteiger charge is 2.37. The Morgan fingerprint density at radius 2 is 2.20 bits per heavy atom. The normalized spacial score (nSPS) is 20.6. The molecule has 2 aromatic rings. The number of aromatic amines is 1. The van der Waals surface area contributed by atoms with E-state index in [4.69, 9.17) is 5.73 Å². The summed E-state index contributed by atoms with van der Waals surface area (Å²) in [5.41, 5.74) is 5.86. The lowest BCUT2D eigenvalue weighted by Crippen LogP contribution is -2.43. The van der Waals surface area contributed by atoms with Crippen molar-refractivity contribution in [2.24, 2.45) is 5.73 Å². The van der Waals surface area contributed by atoms with Gasteiger partial charge in [-0.25, -0.2) is 4.98 Å². The van der Waals surface area contributed by atoms with Gasteiger partial charge in [0.15, 0.2) is 0 Å². The minimum absolute atomic E-state index is 0.0907. The first kappa shape index (κ1) is 13.2. The lowest BCUT2D eigenvalue weighted by molar-refractivity contribution is -0.137. The Morgan fingerprint density at radius 1 is 1.40 bits per heavy atom. The Kier molecular flexibility index (Phi) is 3.08. The Morgan fingerprint density at radius 3 is 2.90 bits per heavy atom. The maximum Gasteiger partial charge on any atom is 0.419 e. The van der Waals surface area contributed by atoms with Crippen LogP contribution in [0.1, 0.15) is 18.4 Å². The van der Waals surface area contributed by atoms with Crippen LogP contribution in [-0.4, -0.2) is 29.1 Å². The molecule has 0 saturated carbocycles. The summed E-state index contributed by atoms with van der Waals surface area (Å²) in [6.45, 7) is 1.02. The molecule has 3 rings (SSSR count). The van der Waals surface area contributed by atoms with Gasteiger partial charge in [0, 0.05) is 36.9 Å². The van der Waals surface area contributed by atoms with Gasteiger partial charge < -0.3 is 15.6 Å². The van der Waals surface area contributed by atoms with E-state index >= 15 is 0 Å². The van der Waals surface area contributed by atoms with Gasteiger partial charge in [0.05, 0.1) is 11.3 Å². The van der Waals surface area contributed by atoms with E-state index in [1.54, 1.807) is 17.2 Å². The molecule has 0 bridgehead atoms. The van der Waals surface area contributed by atoms with Crippen molar-refractivity contribution in [3.8, 4) is 0 Å². The van der Waals surface area contributed by atoms with Crippen molar-refractivity contribution in [2.75, 3.05) is 18.0 Å². The van der Waals surface area contributed by atoms with E-state index in [0.29, 0.717) is 24.1 Å². The molecule has 1 unspecified atom stereocenters. The van der Waals surface area contributed by atoms with Crippen LogP contribution in [0.3, 0.4) is 0 Å². The highest BCUT2D eigenvalue weighted by molar-refractivity contribution is 5.92. The predicted molar refractivity (Wildman–Crippen MR) is 70.5 cm³/mol. The maximum atomic E-state index is 13.2. The molecule has 7 heteroatoms. The molecule has 0 radical (unpaired) electrons. The molecule has 4 nitrogen and oxygen atoms in total. The predicted octanol–water partition coefficient (Wildman–Crippen LogP) is 2.51. The van der Waals surface area contributed by atoms with Crippen LogP contribution in [0.5, 0.6) is 0 Å². The summed E-state index contributed by atoms with van der Waals surface area (Å²) in [4.78, 5) is 8.43. The summed E-state index contributed by atoms with van der Waals surface area (Å²) < 4.78 is 39.7. The topological polar surface area (TPSA) is 57.9 Å². The van der Waals surface area contributed by atoms with Crippen LogP contribution in [0.2, 0.25) is 0 Å². The zero-order valence-electron chi connectivity index (χ0n) is 10.7. The van der Waals surface area contributed by atoms with Crippen LogP contribution in [-0.2, 0) is 6.18 Å². The summed E-state index contributed by atoms with van der Waals surface area (Å²) in [5, 5.41) is 0.494. The Balaban J connectivity index is 2.17. The largest absolute Gasteiger partial charge is 0.419 e. The van der Waals surface area contributed by atoms with Crippen LogP contribution < -0.4 is 10.6 Å². The van der Waals surface area contributed by atoms with Gasteiger partial charge in [-0.15, -0.1) is 0 Å².